The molecule has 2 aromatic carbocycles. The van der Waals surface area contributed by atoms with Crippen molar-refractivity contribution in [2.75, 3.05) is 11.8 Å². The van der Waals surface area contributed by atoms with Crippen LogP contribution in [-0.4, -0.2) is 27.4 Å². The molecule has 7 nitrogen and oxygen atoms in total. The molecule has 0 fully saturated rings. The minimum absolute atomic E-state index is 0.0200. The van der Waals surface area contributed by atoms with Gasteiger partial charge in [-0.3, -0.25) is 9.52 Å². The summed E-state index contributed by atoms with van der Waals surface area (Å²) in [7, 11) is -2.96. The fourth-order valence-corrected chi connectivity index (χ4v) is 3.24. The van der Waals surface area contributed by atoms with Gasteiger partial charge in [0.1, 0.15) is 4.90 Å². The lowest BCUT2D eigenvalue weighted by molar-refractivity contribution is 0.0596. The quantitative estimate of drug-likeness (QED) is 0.801. The lowest BCUT2D eigenvalue weighted by Crippen LogP contribution is -2.20. The number of carbonyl (C=O) groups is 2. The average Bonchev–Trinajstić information content (AvgIpc) is 2.54. The van der Waals surface area contributed by atoms with Gasteiger partial charge in [-0.2, -0.15) is 0 Å². The second kappa shape index (κ2) is 6.49. The molecule has 0 aromatic heterocycles. The van der Waals surface area contributed by atoms with Crippen LogP contribution in [0, 0.1) is 0 Å². The molecule has 0 bridgehead atoms. The number of anilines is 1. The molecule has 1 amide bonds. The molecule has 0 aliphatic heterocycles. The molecule has 8 heteroatoms. The Morgan fingerprint density at radius 3 is 2.17 bits per heavy atom. The number of hydrogen-bond acceptors (Lipinski definition) is 5. The lowest BCUT2D eigenvalue weighted by atomic mass is 10.2. The van der Waals surface area contributed by atoms with Gasteiger partial charge in [-0.25, -0.2) is 13.2 Å². The van der Waals surface area contributed by atoms with Crippen LogP contribution < -0.4 is 10.5 Å². The highest BCUT2D eigenvalue weighted by molar-refractivity contribution is 7.92. The van der Waals surface area contributed by atoms with E-state index in [1.807, 2.05) is 0 Å². The number of esters is 1. The van der Waals surface area contributed by atoms with Gasteiger partial charge in [0, 0.05) is 0 Å². The van der Waals surface area contributed by atoms with Crippen molar-refractivity contribution in [2.45, 2.75) is 4.90 Å². The van der Waals surface area contributed by atoms with Crippen LogP contribution in [0.3, 0.4) is 0 Å². The molecule has 0 saturated heterocycles. The molecule has 0 spiro atoms. The largest absolute Gasteiger partial charge is 0.465 e. The van der Waals surface area contributed by atoms with Crippen LogP contribution in [0.1, 0.15) is 20.7 Å². The molecule has 0 aliphatic carbocycles. The molecule has 120 valence electrons. The van der Waals surface area contributed by atoms with Crippen LogP contribution in [0.25, 0.3) is 0 Å². The number of nitrogens with one attached hydrogen (secondary N) is 1. The van der Waals surface area contributed by atoms with Crippen molar-refractivity contribution in [1.29, 1.82) is 0 Å². The van der Waals surface area contributed by atoms with E-state index < -0.39 is 21.9 Å². The molecule has 0 saturated carbocycles. The zero-order chi connectivity index (χ0) is 17.0. The van der Waals surface area contributed by atoms with Crippen LogP contribution in [-0.2, 0) is 14.8 Å². The van der Waals surface area contributed by atoms with Crippen molar-refractivity contribution >= 4 is 27.6 Å². The highest BCUT2D eigenvalue weighted by atomic mass is 32.2. The summed E-state index contributed by atoms with van der Waals surface area (Å²) in [6, 6.07) is 11.5. The summed E-state index contributed by atoms with van der Waals surface area (Å²) in [5, 5.41) is 0. The molecule has 2 rings (SSSR count). The molecule has 0 aliphatic rings. The minimum atomic E-state index is -4.11. The van der Waals surface area contributed by atoms with Crippen molar-refractivity contribution in [3.8, 4) is 0 Å². The van der Waals surface area contributed by atoms with Crippen molar-refractivity contribution in [2.24, 2.45) is 5.73 Å². The highest BCUT2D eigenvalue weighted by Gasteiger charge is 2.24. The Morgan fingerprint density at radius 2 is 1.57 bits per heavy atom. The predicted octanol–water partition coefficient (Wildman–Crippen LogP) is 1.37. The zero-order valence-electron chi connectivity index (χ0n) is 12.1. The Balaban J connectivity index is 2.50. The summed E-state index contributed by atoms with van der Waals surface area (Å²) < 4.78 is 31.9. The van der Waals surface area contributed by atoms with E-state index in [2.05, 4.69) is 9.46 Å². The lowest BCUT2D eigenvalue weighted by Gasteiger charge is -2.13. The number of hydrogen-bond donors (Lipinski definition) is 2. The standard InChI is InChI=1S/C15H14N2O5S/c1-22-15(19)11-7-3-5-9-13(11)23(20,21)17-12-8-4-2-6-10(12)14(16)18/h2-9,17H,1H3,(H2,16,18). The number of benzene rings is 2. The van der Waals surface area contributed by atoms with Crippen molar-refractivity contribution in [3.05, 3.63) is 59.7 Å². The molecule has 2 aromatic rings. The van der Waals surface area contributed by atoms with Crippen LogP contribution in [0.15, 0.2) is 53.4 Å². The number of carbonyl (C=O) groups excluding carboxylic acids is 2. The van der Waals surface area contributed by atoms with Gasteiger partial charge in [0.05, 0.1) is 23.9 Å². The van der Waals surface area contributed by atoms with E-state index in [1.165, 1.54) is 36.4 Å². The summed E-state index contributed by atoms with van der Waals surface area (Å²) in [5.74, 6) is -1.56. The number of amides is 1. The molecule has 3 N–H and O–H groups in total. The van der Waals surface area contributed by atoms with Crippen LogP contribution in [0.2, 0.25) is 0 Å². The van der Waals surface area contributed by atoms with Gasteiger partial charge in [-0.15, -0.1) is 0 Å². The van der Waals surface area contributed by atoms with Gasteiger partial charge in [-0.05, 0) is 24.3 Å². The molecule has 0 heterocycles. The first-order chi connectivity index (χ1) is 10.9. The molecular formula is C15H14N2O5S. The molecule has 23 heavy (non-hydrogen) atoms. The number of sulfonamides is 1. The number of para-hydroxylation sites is 1. The fraction of sp³-hybridized carbons (Fsp3) is 0.0667. The Hall–Kier alpha value is -2.87. The van der Waals surface area contributed by atoms with Crippen molar-refractivity contribution in [3.63, 3.8) is 0 Å². The first kappa shape index (κ1) is 16.5. The third kappa shape index (κ3) is 3.49. The Bertz CT molecular complexity index is 862. The summed E-state index contributed by atoms with van der Waals surface area (Å²) in [6.07, 6.45) is 0. The van der Waals surface area contributed by atoms with Crippen LogP contribution in [0.4, 0.5) is 5.69 Å². The fourth-order valence-electron chi connectivity index (χ4n) is 1.97. The summed E-state index contributed by atoms with van der Waals surface area (Å²) in [5.41, 5.74) is 5.16. The van der Waals surface area contributed by atoms with E-state index in [-0.39, 0.29) is 21.7 Å². The van der Waals surface area contributed by atoms with E-state index in [1.54, 1.807) is 12.1 Å². The number of ether oxygens (including phenoxy) is 1. The van der Waals surface area contributed by atoms with E-state index >= 15 is 0 Å². The van der Waals surface area contributed by atoms with Gasteiger partial charge in [0.25, 0.3) is 15.9 Å². The maximum absolute atomic E-state index is 12.5. The Morgan fingerprint density at radius 1 is 1.00 bits per heavy atom. The van der Waals surface area contributed by atoms with E-state index in [9.17, 15) is 18.0 Å². The third-order valence-electron chi connectivity index (χ3n) is 3.02. The maximum atomic E-state index is 12.5. The normalized spacial score (nSPS) is 10.8. The maximum Gasteiger partial charge on any atom is 0.339 e. The summed E-state index contributed by atoms with van der Waals surface area (Å²) in [6.45, 7) is 0. The van der Waals surface area contributed by atoms with Gasteiger partial charge in [-0.1, -0.05) is 24.3 Å². The van der Waals surface area contributed by atoms with Gasteiger partial charge < -0.3 is 10.5 Å². The first-order valence-corrected chi connectivity index (χ1v) is 7.94. The highest BCUT2D eigenvalue weighted by Crippen LogP contribution is 2.22. The Labute approximate surface area is 133 Å². The molecule has 0 atom stereocenters. The smallest absolute Gasteiger partial charge is 0.339 e. The third-order valence-corrected chi connectivity index (χ3v) is 4.44. The monoisotopic (exact) mass is 334 g/mol. The number of nitrogens with two attached hydrogens (primary N) is 1. The first-order valence-electron chi connectivity index (χ1n) is 6.46. The van der Waals surface area contributed by atoms with Crippen LogP contribution in [0.5, 0.6) is 0 Å². The number of primary amides is 1. The van der Waals surface area contributed by atoms with Crippen LogP contribution >= 0.6 is 0 Å². The number of rotatable bonds is 5. The molecule has 0 radical (unpaired) electrons. The zero-order valence-corrected chi connectivity index (χ0v) is 13.0. The summed E-state index contributed by atoms with van der Waals surface area (Å²) >= 11 is 0. The SMILES string of the molecule is COC(=O)c1ccccc1S(=O)(=O)Nc1ccccc1C(N)=O. The molecule has 0 unspecified atom stereocenters. The second-order valence-electron chi connectivity index (χ2n) is 4.50. The van der Waals surface area contributed by atoms with E-state index in [0.717, 1.165) is 7.11 Å². The van der Waals surface area contributed by atoms with Crippen molar-refractivity contribution < 1.29 is 22.7 Å². The van der Waals surface area contributed by atoms with E-state index in [0.29, 0.717) is 0 Å². The summed E-state index contributed by atoms with van der Waals surface area (Å²) in [4.78, 5) is 22.8. The Kier molecular flexibility index (Phi) is 4.65. The predicted molar refractivity (Wildman–Crippen MR) is 83.5 cm³/mol. The van der Waals surface area contributed by atoms with Crippen molar-refractivity contribution in [1.82, 2.24) is 0 Å². The molecular weight excluding hydrogens is 320 g/mol. The van der Waals surface area contributed by atoms with Gasteiger partial charge in [0.2, 0.25) is 0 Å². The second-order valence-corrected chi connectivity index (χ2v) is 6.15. The average molecular weight is 334 g/mol. The van der Waals surface area contributed by atoms with Gasteiger partial charge >= 0.3 is 5.97 Å². The van der Waals surface area contributed by atoms with E-state index in [4.69, 9.17) is 5.73 Å². The number of methoxy groups -OCH3 is 1. The minimum Gasteiger partial charge on any atom is -0.465 e. The topological polar surface area (TPSA) is 116 Å². The van der Waals surface area contributed by atoms with Gasteiger partial charge in [0.15, 0.2) is 0 Å².